The second-order valence-corrected chi connectivity index (χ2v) is 4.33. The molecule has 2 rings (SSSR count). The number of aromatic nitrogens is 2. The molecule has 102 valence electrons. The zero-order valence-corrected chi connectivity index (χ0v) is 10.4. The Labute approximate surface area is 108 Å². The van der Waals surface area contributed by atoms with Crippen molar-refractivity contribution < 1.29 is 13.2 Å². The highest BCUT2D eigenvalue weighted by Crippen LogP contribution is 2.38. The summed E-state index contributed by atoms with van der Waals surface area (Å²) in [5, 5.41) is 6.17. The van der Waals surface area contributed by atoms with E-state index in [0.29, 0.717) is 5.69 Å². The Morgan fingerprint density at radius 2 is 1.89 bits per heavy atom. The van der Waals surface area contributed by atoms with Crippen molar-refractivity contribution in [2.75, 3.05) is 24.7 Å². The number of hydrogen-bond acceptors (Lipinski definition) is 3. The lowest BCUT2D eigenvalue weighted by molar-refractivity contribution is -0.137. The van der Waals surface area contributed by atoms with Gasteiger partial charge in [-0.1, -0.05) is 0 Å². The van der Waals surface area contributed by atoms with Crippen LogP contribution in [-0.4, -0.2) is 24.3 Å². The molecule has 7 heteroatoms. The summed E-state index contributed by atoms with van der Waals surface area (Å²) in [5.74, 6) is 0.151. The highest BCUT2D eigenvalue weighted by atomic mass is 19.4. The molecule has 0 radical (unpaired) electrons. The van der Waals surface area contributed by atoms with Crippen LogP contribution in [-0.2, 0) is 6.18 Å². The smallest absolute Gasteiger partial charge is 0.382 e. The largest absolute Gasteiger partial charge is 0.417 e. The summed E-state index contributed by atoms with van der Waals surface area (Å²) < 4.78 is 39.0. The summed E-state index contributed by atoms with van der Waals surface area (Å²) in [6.45, 7) is 0. The first-order valence-corrected chi connectivity index (χ1v) is 5.49. The van der Waals surface area contributed by atoms with E-state index in [1.807, 2.05) is 0 Å². The van der Waals surface area contributed by atoms with Crippen LogP contribution < -0.4 is 10.6 Å². The van der Waals surface area contributed by atoms with E-state index in [4.69, 9.17) is 5.73 Å². The molecular formula is C12H13F3N4. The van der Waals surface area contributed by atoms with Crippen molar-refractivity contribution in [3.8, 4) is 11.3 Å². The van der Waals surface area contributed by atoms with Crippen LogP contribution in [0.2, 0.25) is 0 Å². The van der Waals surface area contributed by atoms with Gasteiger partial charge >= 0.3 is 6.18 Å². The molecule has 1 aromatic carbocycles. The SMILES string of the molecule is CN(C)c1ccc(C(F)(F)F)c(-c2cc(N)n[nH]2)c1. The summed E-state index contributed by atoms with van der Waals surface area (Å²) in [6, 6.07) is 5.31. The Bertz CT molecular complexity index is 587. The topological polar surface area (TPSA) is 57.9 Å². The number of halogens is 3. The lowest BCUT2D eigenvalue weighted by Crippen LogP contribution is -2.12. The molecule has 0 saturated carbocycles. The molecule has 0 atom stereocenters. The maximum atomic E-state index is 13.0. The number of hydrogen-bond donors (Lipinski definition) is 2. The van der Waals surface area contributed by atoms with Crippen molar-refractivity contribution in [1.82, 2.24) is 10.2 Å². The van der Waals surface area contributed by atoms with Gasteiger partial charge in [0.1, 0.15) is 5.82 Å². The average molecular weight is 270 g/mol. The average Bonchev–Trinajstić information content (AvgIpc) is 2.73. The number of nitrogens with one attached hydrogen (secondary N) is 1. The summed E-state index contributed by atoms with van der Waals surface area (Å²) in [4.78, 5) is 1.73. The van der Waals surface area contributed by atoms with Crippen molar-refractivity contribution in [2.45, 2.75) is 6.18 Å². The van der Waals surface area contributed by atoms with E-state index in [1.165, 1.54) is 18.2 Å². The van der Waals surface area contributed by atoms with Gasteiger partial charge in [-0.2, -0.15) is 18.3 Å². The first-order chi connectivity index (χ1) is 8.79. The van der Waals surface area contributed by atoms with E-state index in [2.05, 4.69) is 10.2 Å². The molecule has 0 saturated heterocycles. The third-order valence-electron chi connectivity index (χ3n) is 2.71. The van der Waals surface area contributed by atoms with Crippen LogP contribution in [0.4, 0.5) is 24.7 Å². The molecule has 0 amide bonds. The van der Waals surface area contributed by atoms with Gasteiger partial charge in [0, 0.05) is 31.4 Å². The number of alkyl halides is 3. The molecule has 0 bridgehead atoms. The number of anilines is 2. The predicted molar refractivity (Wildman–Crippen MR) is 67.8 cm³/mol. The van der Waals surface area contributed by atoms with Crippen molar-refractivity contribution >= 4 is 11.5 Å². The van der Waals surface area contributed by atoms with Crippen LogP contribution in [0.3, 0.4) is 0 Å². The minimum absolute atomic E-state index is 0.0305. The van der Waals surface area contributed by atoms with Crippen LogP contribution in [0.15, 0.2) is 24.3 Å². The minimum Gasteiger partial charge on any atom is -0.382 e. The Balaban J connectivity index is 2.63. The monoisotopic (exact) mass is 270 g/mol. The number of nitrogen functional groups attached to an aromatic ring is 1. The maximum absolute atomic E-state index is 13.0. The van der Waals surface area contributed by atoms with Crippen LogP contribution in [0, 0.1) is 0 Å². The molecule has 0 fully saturated rings. The quantitative estimate of drug-likeness (QED) is 0.882. The molecule has 0 aliphatic heterocycles. The number of nitrogens with two attached hydrogens (primary N) is 1. The number of nitrogens with zero attached hydrogens (tertiary/aromatic N) is 2. The Hall–Kier alpha value is -2.18. The fraction of sp³-hybridized carbons (Fsp3) is 0.250. The number of rotatable bonds is 2. The lowest BCUT2D eigenvalue weighted by Gasteiger charge is -2.17. The van der Waals surface area contributed by atoms with Crippen molar-refractivity contribution in [3.63, 3.8) is 0 Å². The zero-order valence-electron chi connectivity index (χ0n) is 10.4. The number of aromatic amines is 1. The molecule has 3 N–H and O–H groups in total. The van der Waals surface area contributed by atoms with Gasteiger partial charge in [0.15, 0.2) is 0 Å². The van der Waals surface area contributed by atoms with Gasteiger partial charge in [-0.15, -0.1) is 0 Å². The number of benzene rings is 1. The molecule has 19 heavy (non-hydrogen) atoms. The Morgan fingerprint density at radius 3 is 2.37 bits per heavy atom. The second kappa shape index (κ2) is 4.49. The lowest BCUT2D eigenvalue weighted by atomic mass is 10.0. The van der Waals surface area contributed by atoms with Gasteiger partial charge in [-0.05, 0) is 18.2 Å². The van der Waals surface area contributed by atoms with Crippen LogP contribution >= 0.6 is 0 Å². The molecule has 2 aromatic rings. The highest BCUT2D eigenvalue weighted by molar-refractivity contribution is 5.71. The minimum atomic E-state index is -4.43. The summed E-state index contributed by atoms with van der Waals surface area (Å²) in [6.07, 6.45) is -4.43. The Morgan fingerprint density at radius 1 is 1.21 bits per heavy atom. The fourth-order valence-electron chi connectivity index (χ4n) is 1.76. The molecule has 0 aliphatic rings. The first-order valence-electron chi connectivity index (χ1n) is 5.49. The van der Waals surface area contributed by atoms with Crippen molar-refractivity contribution in [3.05, 3.63) is 29.8 Å². The van der Waals surface area contributed by atoms with Crippen LogP contribution in [0.1, 0.15) is 5.56 Å². The van der Waals surface area contributed by atoms with Gasteiger partial charge in [0.05, 0.1) is 11.3 Å². The normalized spacial score (nSPS) is 11.6. The van der Waals surface area contributed by atoms with E-state index in [0.717, 1.165) is 6.07 Å². The number of H-pyrrole nitrogens is 1. The molecule has 0 unspecified atom stereocenters. The highest BCUT2D eigenvalue weighted by Gasteiger charge is 2.34. The molecular weight excluding hydrogens is 257 g/mol. The first kappa shape index (κ1) is 13.3. The molecule has 1 heterocycles. The van der Waals surface area contributed by atoms with E-state index >= 15 is 0 Å². The predicted octanol–water partition coefficient (Wildman–Crippen LogP) is 2.74. The third kappa shape index (κ3) is 2.64. The standard InChI is InChI=1S/C12H13F3N4/c1-19(2)7-3-4-9(12(13,14)15)8(5-7)10-6-11(16)18-17-10/h3-6H,1-2H3,(H3,16,17,18). The fourth-order valence-corrected chi connectivity index (χ4v) is 1.76. The van der Waals surface area contributed by atoms with Gasteiger partial charge in [0.2, 0.25) is 0 Å². The van der Waals surface area contributed by atoms with Crippen molar-refractivity contribution in [1.29, 1.82) is 0 Å². The van der Waals surface area contributed by atoms with Gasteiger partial charge in [-0.25, -0.2) is 0 Å². The third-order valence-corrected chi connectivity index (χ3v) is 2.71. The molecule has 1 aromatic heterocycles. The molecule has 4 nitrogen and oxygen atoms in total. The zero-order chi connectivity index (χ0) is 14.2. The molecule has 0 spiro atoms. The van der Waals surface area contributed by atoms with Crippen molar-refractivity contribution in [2.24, 2.45) is 0 Å². The van der Waals surface area contributed by atoms with E-state index in [1.54, 1.807) is 19.0 Å². The van der Waals surface area contributed by atoms with Crippen LogP contribution in [0.25, 0.3) is 11.3 Å². The van der Waals surface area contributed by atoms with Gasteiger partial charge in [0.25, 0.3) is 0 Å². The van der Waals surface area contributed by atoms with Crippen LogP contribution in [0.5, 0.6) is 0 Å². The van der Waals surface area contributed by atoms with E-state index < -0.39 is 11.7 Å². The summed E-state index contributed by atoms with van der Waals surface area (Å²) in [7, 11) is 3.52. The maximum Gasteiger partial charge on any atom is 0.417 e. The van der Waals surface area contributed by atoms with Gasteiger partial charge < -0.3 is 10.6 Å². The van der Waals surface area contributed by atoms with E-state index in [9.17, 15) is 13.2 Å². The molecule has 0 aliphatic carbocycles. The Kier molecular flexibility index (Phi) is 3.13. The van der Waals surface area contributed by atoms with Gasteiger partial charge in [-0.3, -0.25) is 5.10 Å². The second-order valence-electron chi connectivity index (χ2n) is 4.33. The summed E-state index contributed by atoms with van der Waals surface area (Å²) in [5.41, 5.74) is 5.66. The van der Waals surface area contributed by atoms with E-state index in [-0.39, 0.29) is 17.1 Å². The summed E-state index contributed by atoms with van der Waals surface area (Å²) >= 11 is 0.